The molecule has 0 radical (unpaired) electrons. The van der Waals surface area contributed by atoms with Crippen LogP contribution in [0.2, 0.25) is 0 Å². The van der Waals surface area contributed by atoms with Crippen LogP contribution in [0.25, 0.3) is 0 Å². The van der Waals surface area contributed by atoms with Crippen LogP contribution in [-0.2, 0) is 4.79 Å². The molecule has 0 saturated carbocycles. The average Bonchev–Trinajstić information content (AvgIpc) is 2.18. The Hall–Kier alpha value is -0.780. The summed E-state index contributed by atoms with van der Waals surface area (Å²) in [4.78, 5) is 13.0. The molecule has 1 aliphatic rings. The van der Waals surface area contributed by atoms with Crippen molar-refractivity contribution in [3.63, 3.8) is 0 Å². The van der Waals surface area contributed by atoms with Gasteiger partial charge in [0.25, 0.3) is 0 Å². The predicted octanol–water partition coefficient (Wildman–Crippen LogP) is 1.77. The Morgan fingerprint density at radius 3 is 2.41 bits per heavy atom. The van der Waals surface area contributed by atoms with Crippen molar-refractivity contribution in [1.82, 2.24) is 4.90 Å². The SMILES string of the molecule is CC(C(=O)N1CCC(N)C(C)(C)C1)C(F)(F)F. The fraction of sp³-hybridized carbons (Fsp3) is 0.909. The van der Waals surface area contributed by atoms with E-state index in [4.69, 9.17) is 5.73 Å². The lowest BCUT2D eigenvalue weighted by Gasteiger charge is -2.43. The quantitative estimate of drug-likeness (QED) is 0.773. The zero-order valence-electron chi connectivity index (χ0n) is 10.3. The van der Waals surface area contributed by atoms with Gasteiger partial charge in [-0.25, -0.2) is 0 Å². The van der Waals surface area contributed by atoms with Crippen molar-refractivity contribution < 1.29 is 18.0 Å². The number of hydrogen-bond donors (Lipinski definition) is 1. The molecule has 1 saturated heterocycles. The largest absolute Gasteiger partial charge is 0.400 e. The summed E-state index contributed by atoms with van der Waals surface area (Å²) < 4.78 is 37.4. The standard InChI is InChI=1S/C11H19F3N2O/c1-7(11(12,13)14)9(17)16-5-4-8(15)10(2,3)6-16/h7-8H,4-6,15H2,1-3H3. The minimum atomic E-state index is -4.47. The van der Waals surface area contributed by atoms with Crippen molar-refractivity contribution in [1.29, 1.82) is 0 Å². The van der Waals surface area contributed by atoms with Crippen LogP contribution in [0.1, 0.15) is 27.2 Å². The van der Waals surface area contributed by atoms with E-state index in [0.29, 0.717) is 13.0 Å². The monoisotopic (exact) mass is 252 g/mol. The fourth-order valence-corrected chi connectivity index (χ4v) is 1.98. The Bertz CT molecular complexity index is 302. The lowest BCUT2D eigenvalue weighted by molar-refractivity contribution is -0.187. The first-order valence-electron chi connectivity index (χ1n) is 5.67. The van der Waals surface area contributed by atoms with Gasteiger partial charge in [-0.1, -0.05) is 13.8 Å². The summed E-state index contributed by atoms with van der Waals surface area (Å²) in [7, 11) is 0. The van der Waals surface area contributed by atoms with Gasteiger partial charge in [-0.2, -0.15) is 13.2 Å². The Morgan fingerprint density at radius 2 is 2.00 bits per heavy atom. The molecule has 0 aromatic heterocycles. The minimum Gasteiger partial charge on any atom is -0.342 e. The Labute approximate surface area is 99.1 Å². The number of halogens is 3. The smallest absolute Gasteiger partial charge is 0.342 e. The van der Waals surface area contributed by atoms with E-state index in [1.54, 1.807) is 0 Å². The van der Waals surface area contributed by atoms with Crippen LogP contribution in [0, 0.1) is 11.3 Å². The zero-order chi connectivity index (χ0) is 13.4. The number of hydrogen-bond acceptors (Lipinski definition) is 2. The number of nitrogens with zero attached hydrogens (tertiary/aromatic N) is 1. The summed E-state index contributed by atoms with van der Waals surface area (Å²) in [6.45, 7) is 5.24. The molecule has 3 nitrogen and oxygen atoms in total. The van der Waals surface area contributed by atoms with Crippen LogP contribution in [-0.4, -0.2) is 36.1 Å². The second-order valence-corrected chi connectivity index (χ2v) is 5.41. The number of carbonyl (C=O) groups is 1. The highest BCUT2D eigenvalue weighted by Gasteiger charge is 2.45. The molecule has 0 aliphatic carbocycles. The first kappa shape index (κ1) is 14.3. The first-order valence-corrected chi connectivity index (χ1v) is 5.67. The molecule has 100 valence electrons. The van der Waals surface area contributed by atoms with E-state index >= 15 is 0 Å². The van der Waals surface area contributed by atoms with E-state index < -0.39 is 18.0 Å². The Kier molecular flexibility index (Phi) is 3.76. The molecule has 17 heavy (non-hydrogen) atoms. The van der Waals surface area contributed by atoms with Crippen LogP contribution < -0.4 is 5.73 Å². The number of alkyl halides is 3. The molecule has 2 unspecified atom stereocenters. The van der Waals surface area contributed by atoms with E-state index in [1.165, 1.54) is 4.90 Å². The van der Waals surface area contributed by atoms with Gasteiger partial charge in [0.05, 0.1) is 0 Å². The number of amides is 1. The van der Waals surface area contributed by atoms with Crippen molar-refractivity contribution in [2.45, 2.75) is 39.4 Å². The summed E-state index contributed by atoms with van der Waals surface area (Å²) in [5, 5.41) is 0. The normalized spacial score (nSPS) is 26.8. The predicted molar refractivity (Wildman–Crippen MR) is 58.2 cm³/mol. The number of nitrogens with two attached hydrogens (primary N) is 1. The third-order valence-corrected chi connectivity index (χ3v) is 3.49. The molecule has 1 heterocycles. The molecule has 0 spiro atoms. The maximum Gasteiger partial charge on any atom is 0.400 e. The minimum absolute atomic E-state index is 0.0762. The van der Waals surface area contributed by atoms with Crippen molar-refractivity contribution in [3.8, 4) is 0 Å². The van der Waals surface area contributed by atoms with E-state index in [1.807, 2.05) is 13.8 Å². The van der Waals surface area contributed by atoms with Gasteiger partial charge in [0.1, 0.15) is 5.92 Å². The molecule has 2 N–H and O–H groups in total. The fourth-order valence-electron chi connectivity index (χ4n) is 1.98. The van der Waals surface area contributed by atoms with Gasteiger partial charge >= 0.3 is 6.18 Å². The molecule has 2 atom stereocenters. The number of rotatable bonds is 1. The molecule has 0 bridgehead atoms. The van der Waals surface area contributed by atoms with Gasteiger partial charge in [-0.15, -0.1) is 0 Å². The lowest BCUT2D eigenvalue weighted by atomic mass is 9.79. The lowest BCUT2D eigenvalue weighted by Crippen LogP contribution is -2.55. The molecule has 1 rings (SSSR count). The highest BCUT2D eigenvalue weighted by molar-refractivity contribution is 5.79. The topological polar surface area (TPSA) is 46.3 Å². The Balaban J connectivity index is 2.73. The summed E-state index contributed by atoms with van der Waals surface area (Å²) in [5.41, 5.74) is 5.54. The number of likely N-dealkylation sites (tertiary alicyclic amines) is 1. The number of piperidine rings is 1. The Morgan fingerprint density at radius 1 is 1.47 bits per heavy atom. The maximum atomic E-state index is 12.5. The van der Waals surface area contributed by atoms with Crippen molar-refractivity contribution in [3.05, 3.63) is 0 Å². The van der Waals surface area contributed by atoms with E-state index in [0.717, 1.165) is 6.92 Å². The summed E-state index contributed by atoms with van der Waals surface area (Å²) >= 11 is 0. The van der Waals surface area contributed by atoms with Crippen molar-refractivity contribution >= 4 is 5.91 Å². The van der Waals surface area contributed by atoms with E-state index in [2.05, 4.69) is 0 Å². The maximum absolute atomic E-state index is 12.5. The first-order chi connectivity index (χ1) is 7.55. The molecule has 0 aromatic carbocycles. The van der Waals surface area contributed by atoms with Crippen LogP contribution in [0.15, 0.2) is 0 Å². The van der Waals surface area contributed by atoms with E-state index in [9.17, 15) is 18.0 Å². The third-order valence-electron chi connectivity index (χ3n) is 3.49. The van der Waals surface area contributed by atoms with Crippen LogP contribution in [0.5, 0.6) is 0 Å². The highest BCUT2D eigenvalue weighted by atomic mass is 19.4. The van der Waals surface area contributed by atoms with Crippen molar-refractivity contribution in [2.75, 3.05) is 13.1 Å². The van der Waals surface area contributed by atoms with Gasteiger partial charge in [0.2, 0.25) is 5.91 Å². The van der Waals surface area contributed by atoms with Gasteiger partial charge in [0.15, 0.2) is 0 Å². The molecule has 1 aliphatic heterocycles. The molecule has 0 aromatic rings. The van der Waals surface area contributed by atoms with Crippen LogP contribution >= 0.6 is 0 Å². The van der Waals surface area contributed by atoms with Gasteiger partial charge in [-0.3, -0.25) is 4.79 Å². The molecule has 6 heteroatoms. The summed E-state index contributed by atoms with van der Waals surface area (Å²) in [6.07, 6.45) is -3.93. The van der Waals surface area contributed by atoms with Gasteiger partial charge < -0.3 is 10.6 Å². The second kappa shape index (κ2) is 4.48. The zero-order valence-corrected chi connectivity index (χ0v) is 10.3. The van der Waals surface area contributed by atoms with Gasteiger partial charge in [-0.05, 0) is 18.8 Å². The molecular weight excluding hydrogens is 233 g/mol. The molecule has 1 fully saturated rings. The van der Waals surface area contributed by atoms with Gasteiger partial charge in [0, 0.05) is 19.1 Å². The average molecular weight is 252 g/mol. The molecule has 1 amide bonds. The highest BCUT2D eigenvalue weighted by Crippen LogP contribution is 2.32. The van der Waals surface area contributed by atoms with Crippen molar-refractivity contribution in [2.24, 2.45) is 17.1 Å². The van der Waals surface area contributed by atoms with Crippen LogP contribution in [0.3, 0.4) is 0 Å². The van der Waals surface area contributed by atoms with Crippen LogP contribution in [0.4, 0.5) is 13.2 Å². The number of carbonyl (C=O) groups excluding carboxylic acids is 1. The second-order valence-electron chi connectivity index (χ2n) is 5.41. The van der Waals surface area contributed by atoms with E-state index in [-0.39, 0.29) is 18.0 Å². The summed E-state index contributed by atoms with van der Waals surface area (Å²) in [5.74, 6) is -2.79. The summed E-state index contributed by atoms with van der Waals surface area (Å²) in [6, 6.07) is -0.0762. The third kappa shape index (κ3) is 3.12. The molecular formula is C11H19F3N2O.